The van der Waals surface area contributed by atoms with Crippen LogP contribution in [-0.2, 0) is 16.1 Å². The molecule has 0 saturated heterocycles. The van der Waals surface area contributed by atoms with Gasteiger partial charge < -0.3 is 9.64 Å². The number of hydrogen-bond donors (Lipinski definition) is 0. The van der Waals surface area contributed by atoms with E-state index >= 15 is 0 Å². The predicted octanol–water partition coefficient (Wildman–Crippen LogP) is 5.10. The van der Waals surface area contributed by atoms with Crippen LogP contribution in [0.5, 0.6) is 0 Å². The lowest BCUT2D eigenvalue weighted by molar-refractivity contribution is -0.126. The first kappa shape index (κ1) is 20.0. The van der Waals surface area contributed by atoms with Crippen molar-refractivity contribution in [2.45, 2.75) is 33.2 Å². The lowest BCUT2D eigenvalue weighted by Gasteiger charge is -2.17. The van der Waals surface area contributed by atoms with E-state index in [2.05, 4.69) is 19.6 Å². The summed E-state index contributed by atoms with van der Waals surface area (Å²) in [6.45, 7) is 9.81. The first-order valence-electron chi connectivity index (χ1n) is 8.31. The van der Waals surface area contributed by atoms with E-state index in [0.29, 0.717) is 26.1 Å². The Hall–Kier alpha value is -2.07. The fraction of sp³-hybridized carbons (Fsp3) is 0.350. The van der Waals surface area contributed by atoms with Gasteiger partial charge >= 0.3 is 0 Å². The number of nitrogens with zero attached hydrogens (tertiary/aromatic N) is 1. The molecule has 4 heteroatoms. The van der Waals surface area contributed by atoms with Crippen molar-refractivity contribution in [3.63, 3.8) is 0 Å². The zero-order chi connectivity index (χ0) is 17.6. The van der Waals surface area contributed by atoms with Gasteiger partial charge in [0.25, 0.3) is 0 Å². The third-order valence-corrected chi connectivity index (χ3v) is 4.05. The van der Waals surface area contributed by atoms with Crippen molar-refractivity contribution in [2.24, 2.45) is 0 Å². The largest absolute Gasteiger partial charge is 0.494 e. The summed E-state index contributed by atoms with van der Waals surface area (Å²) in [4.78, 5) is 15.2. The van der Waals surface area contributed by atoms with E-state index in [-0.39, 0.29) is 5.91 Å². The fourth-order valence-corrected chi connectivity index (χ4v) is 2.68. The van der Waals surface area contributed by atoms with E-state index in [1.54, 1.807) is 23.5 Å². The minimum absolute atomic E-state index is 0.0448. The summed E-state index contributed by atoms with van der Waals surface area (Å²) in [5.41, 5.74) is 0. The highest BCUT2D eigenvalue weighted by atomic mass is 32.1. The molecule has 0 atom stereocenters. The molecule has 0 N–H and O–H groups in total. The van der Waals surface area contributed by atoms with Crippen LogP contribution in [0.4, 0.5) is 0 Å². The highest BCUT2D eigenvalue weighted by molar-refractivity contribution is 7.09. The molecule has 0 aliphatic rings. The van der Waals surface area contributed by atoms with Crippen LogP contribution in [0.25, 0.3) is 0 Å². The molecule has 0 radical (unpaired) electrons. The monoisotopic (exact) mass is 345 g/mol. The lowest BCUT2D eigenvalue weighted by atomic mass is 10.3. The third-order valence-electron chi connectivity index (χ3n) is 3.19. The molecule has 0 saturated carbocycles. The summed E-state index contributed by atoms with van der Waals surface area (Å²) in [5.74, 6) is 0.836. The van der Waals surface area contributed by atoms with Gasteiger partial charge in [-0.15, -0.1) is 11.3 Å². The molecular formula is C20H27NO2S. The number of thiophene rings is 1. The van der Waals surface area contributed by atoms with Gasteiger partial charge in [-0.2, -0.15) is 0 Å². The molecule has 1 rings (SSSR count). The van der Waals surface area contributed by atoms with E-state index in [9.17, 15) is 4.79 Å². The van der Waals surface area contributed by atoms with Crippen molar-refractivity contribution in [1.82, 2.24) is 4.90 Å². The maximum absolute atomic E-state index is 12.2. The standard InChI is InChI=1S/C20H27NO2S/c1-4-11-18(23-15-5-2)12-8-7-9-14-20(22)21(6-3)17-19-13-10-16-24-19/h4,8-14,16H,1,5-7,15,17H2,2-3H3/b12-8-,14-9+,18-11+. The predicted molar refractivity (Wildman–Crippen MR) is 103 cm³/mol. The van der Waals surface area contributed by atoms with Crippen molar-refractivity contribution in [2.75, 3.05) is 13.2 Å². The van der Waals surface area contributed by atoms with Gasteiger partial charge in [0, 0.05) is 11.4 Å². The summed E-state index contributed by atoms with van der Waals surface area (Å²) >= 11 is 1.67. The van der Waals surface area contributed by atoms with Crippen LogP contribution in [0.3, 0.4) is 0 Å². The summed E-state index contributed by atoms with van der Waals surface area (Å²) in [6.07, 6.45) is 12.6. The van der Waals surface area contributed by atoms with Crippen molar-refractivity contribution in [3.8, 4) is 0 Å². The normalized spacial score (nSPS) is 12.0. The van der Waals surface area contributed by atoms with Crippen LogP contribution in [0.2, 0.25) is 0 Å². The van der Waals surface area contributed by atoms with Crippen LogP contribution < -0.4 is 0 Å². The van der Waals surface area contributed by atoms with Gasteiger partial charge in [-0.25, -0.2) is 0 Å². The highest BCUT2D eigenvalue weighted by Crippen LogP contribution is 2.12. The first-order valence-corrected chi connectivity index (χ1v) is 9.19. The SMILES string of the molecule is C=C/C=C(\C=C/C/C=C/C(=O)N(CC)Cc1cccs1)OCCC. The van der Waals surface area contributed by atoms with Crippen molar-refractivity contribution in [1.29, 1.82) is 0 Å². The molecule has 0 spiro atoms. The third kappa shape index (κ3) is 7.97. The van der Waals surface area contributed by atoms with Crippen molar-refractivity contribution >= 4 is 17.2 Å². The minimum atomic E-state index is 0.0448. The Bertz CT molecular complexity index is 570. The van der Waals surface area contributed by atoms with E-state index in [1.807, 2.05) is 47.6 Å². The molecule has 3 nitrogen and oxygen atoms in total. The second-order valence-electron chi connectivity index (χ2n) is 5.13. The Kier molecular flexibility index (Phi) is 10.3. The molecule has 0 fully saturated rings. The number of hydrogen-bond acceptors (Lipinski definition) is 3. The highest BCUT2D eigenvalue weighted by Gasteiger charge is 2.08. The molecule has 130 valence electrons. The van der Waals surface area contributed by atoms with Crippen molar-refractivity contribution < 1.29 is 9.53 Å². The smallest absolute Gasteiger partial charge is 0.246 e. The number of allylic oxidation sites excluding steroid dienone is 5. The zero-order valence-electron chi connectivity index (χ0n) is 14.6. The van der Waals surface area contributed by atoms with E-state index in [1.165, 1.54) is 4.88 Å². The first-order chi connectivity index (χ1) is 11.7. The van der Waals surface area contributed by atoms with Gasteiger partial charge in [0.05, 0.1) is 13.2 Å². The average molecular weight is 346 g/mol. The van der Waals surface area contributed by atoms with Crippen molar-refractivity contribution in [3.05, 3.63) is 71.2 Å². The number of amides is 1. The molecule has 0 aliphatic carbocycles. The molecular weight excluding hydrogens is 318 g/mol. The maximum atomic E-state index is 12.2. The van der Waals surface area contributed by atoms with Crippen LogP contribution in [0.15, 0.2) is 66.3 Å². The molecule has 24 heavy (non-hydrogen) atoms. The number of carbonyl (C=O) groups is 1. The van der Waals surface area contributed by atoms with Gasteiger partial charge in [-0.05, 0) is 49.4 Å². The van der Waals surface area contributed by atoms with Gasteiger partial charge in [0.2, 0.25) is 5.91 Å². The van der Waals surface area contributed by atoms with Gasteiger partial charge in [-0.1, -0.05) is 37.8 Å². The van der Waals surface area contributed by atoms with Crippen LogP contribution in [-0.4, -0.2) is 24.0 Å². The fourth-order valence-electron chi connectivity index (χ4n) is 1.96. The molecule has 1 amide bonds. The topological polar surface area (TPSA) is 29.5 Å². The molecule has 0 aliphatic heterocycles. The molecule has 0 unspecified atom stereocenters. The Balaban J connectivity index is 2.46. The lowest BCUT2D eigenvalue weighted by Crippen LogP contribution is -2.28. The van der Waals surface area contributed by atoms with Gasteiger partial charge in [0.15, 0.2) is 0 Å². The molecule has 0 bridgehead atoms. The number of carbonyl (C=O) groups excluding carboxylic acids is 1. The second kappa shape index (κ2) is 12.4. The van der Waals surface area contributed by atoms with E-state index < -0.39 is 0 Å². The number of likely N-dealkylation sites (N-methyl/N-ethyl adjacent to an activating group) is 1. The molecule has 1 aromatic rings. The van der Waals surface area contributed by atoms with Crippen LogP contribution in [0, 0.1) is 0 Å². The number of ether oxygens (including phenoxy) is 1. The minimum Gasteiger partial charge on any atom is -0.494 e. The molecule has 1 aromatic heterocycles. The summed E-state index contributed by atoms with van der Waals surface area (Å²) in [5, 5.41) is 2.03. The Morgan fingerprint density at radius 1 is 1.33 bits per heavy atom. The second-order valence-corrected chi connectivity index (χ2v) is 6.16. The summed E-state index contributed by atoms with van der Waals surface area (Å²) < 4.78 is 5.58. The molecule has 0 aromatic carbocycles. The zero-order valence-corrected chi connectivity index (χ0v) is 15.4. The van der Waals surface area contributed by atoms with Gasteiger partial charge in [-0.3, -0.25) is 4.79 Å². The van der Waals surface area contributed by atoms with Crippen LogP contribution in [0.1, 0.15) is 31.6 Å². The molecule has 1 heterocycles. The Morgan fingerprint density at radius 2 is 2.12 bits per heavy atom. The average Bonchev–Trinajstić information content (AvgIpc) is 3.10. The van der Waals surface area contributed by atoms with Gasteiger partial charge in [0.1, 0.15) is 5.76 Å². The maximum Gasteiger partial charge on any atom is 0.246 e. The number of rotatable bonds is 11. The van der Waals surface area contributed by atoms with E-state index in [0.717, 1.165) is 12.2 Å². The quantitative estimate of drug-likeness (QED) is 0.317. The summed E-state index contributed by atoms with van der Waals surface area (Å²) in [6, 6.07) is 4.06. The van der Waals surface area contributed by atoms with Crippen LogP contribution >= 0.6 is 11.3 Å². The van der Waals surface area contributed by atoms with E-state index in [4.69, 9.17) is 4.74 Å². The summed E-state index contributed by atoms with van der Waals surface area (Å²) in [7, 11) is 0. The Morgan fingerprint density at radius 3 is 2.75 bits per heavy atom. The Labute approximate surface area is 149 Å².